The minimum Gasteiger partial charge on any atom is -0.356 e. The monoisotopic (exact) mass is 365 g/mol. The number of hydrogen-bond acceptors (Lipinski definition) is 4. The largest absolute Gasteiger partial charge is 0.356 e. The molecule has 7 heteroatoms. The molecule has 4 atom stereocenters. The Balaban J connectivity index is 2.18. The zero-order valence-electron chi connectivity index (χ0n) is 15.8. The van der Waals surface area contributed by atoms with Crippen molar-refractivity contribution in [1.29, 1.82) is 0 Å². The van der Waals surface area contributed by atoms with Crippen molar-refractivity contribution in [3.8, 4) is 0 Å². The number of nitrogens with one attached hydrogen (secondary N) is 3. The van der Waals surface area contributed by atoms with Gasteiger partial charge in [0.25, 0.3) is 0 Å². The fraction of sp³-hybridized carbons (Fsp3) is 0.789. The lowest BCUT2D eigenvalue weighted by Crippen LogP contribution is -2.52. The van der Waals surface area contributed by atoms with Crippen molar-refractivity contribution in [2.24, 2.45) is 17.8 Å². The maximum absolute atomic E-state index is 12.6. The quantitative estimate of drug-likeness (QED) is 0.647. The number of fused-ring (bicyclic) bond motifs is 1. The molecule has 0 bridgehead atoms. The lowest BCUT2D eigenvalue weighted by molar-refractivity contribution is -0.132. The highest BCUT2D eigenvalue weighted by Crippen LogP contribution is 2.29. The number of piperidine rings is 1. The first kappa shape index (κ1) is 20.4. The van der Waals surface area contributed by atoms with Crippen LogP contribution in [-0.2, 0) is 19.2 Å². The molecule has 3 N–H and O–H groups in total. The number of carbonyl (C=O) groups is 4. The first-order valence-electron chi connectivity index (χ1n) is 9.73. The van der Waals surface area contributed by atoms with Gasteiger partial charge >= 0.3 is 0 Å². The zero-order valence-corrected chi connectivity index (χ0v) is 15.8. The number of amides is 3. The highest BCUT2D eigenvalue weighted by atomic mass is 16.2. The summed E-state index contributed by atoms with van der Waals surface area (Å²) in [5.41, 5.74) is 0. The van der Waals surface area contributed by atoms with Gasteiger partial charge in [0.15, 0.2) is 0 Å². The molecule has 2 heterocycles. The van der Waals surface area contributed by atoms with Crippen LogP contribution in [0.25, 0.3) is 0 Å². The van der Waals surface area contributed by atoms with Gasteiger partial charge in [0.1, 0.15) is 12.3 Å². The average Bonchev–Trinajstić information content (AvgIpc) is 2.59. The van der Waals surface area contributed by atoms with E-state index in [2.05, 4.69) is 16.0 Å². The minimum absolute atomic E-state index is 0.0369. The van der Waals surface area contributed by atoms with Gasteiger partial charge in [-0.15, -0.1) is 0 Å². The predicted octanol–water partition coefficient (Wildman–Crippen LogP) is 0.917. The van der Waals surface area contributed by atoms with Crippen molar-refractivity contribution in [2.75, 3.05) is 6.54 Å². The number of aldehydes is 1. The highest BCUT2D eigenvalue weighted by molar-refractivity contribution is 5.89. The third-order valence-corrected chi connectivity index (χ3v) is 5.31. The summed E-state index contributed by atoms with van der Waals surface area (Å²) >= 11 is 0. The van der Waals surface area contributed by atoms with E-state index < -0.39 is 12.1 Å². The fourth-order valence-corrected chi connectivity index (χ4v) is 3.94. The number of hydrogen-bond donors (Lipinski definition) is 3. The van der Waals surface area contributed by atoms with Crippen molar-refractivity contribution in [1.82, 2.24) is 16.0 Å². The van der Waals surface area contributed by atoms with E-state index in [4.69, 9.17) is 0 Å². The molecule has 0 radical (unpaired) electrons. The third-order valence-electron chi connectivity index (χ3n) is 5.31. The molecule has 7 nitrogen and oxygen atoms in total. The zero-order chi connectivity index (χ0) is 19.1. The van der Waals surface area contributed by atoms with E-state index in [1.54, 1.807) is 0 Å². The van der Waals surface area contributed by atoms with Gasteiger partial charge in [-0.1, -0.05) is 20.3 Å². The van der Waals surface area contributed by atoms with Gasteiger partial charge in [0.2, 0.25) is 17.7 Å². The Morgan fingerprint density at radius 3 is 2.54 bits per heavy atom. The summed E-state index contributed by atoms with van der Waals surface area (Å²) in [7, 11) is 0. The number of carbonyl (C=O) groups excluding carboxylic acids is 4. The average molecular weight is 365 g/mol. The molecule has 2 saturated heterocycles. The van der Waals surface area contributed by atoms with Crippen molar-refractivity contribution < 1.29 is 19.2 Å². The van der Waals surface area contributed by atoms with E-state index in [-0.39, 0.29) is 35.5 Å². The van der Waals surface area contributed by atoms with Crippen LogP contribution in [0.4, 0.5) is 0 Å². The standard InChI is InChI=1S/C19H31N3O4/c1-12(2)9-16-19(26)21-14(11-23)10-15-13(7-8-20-18(15)25)5-3-4-6-17(24)22-16/h11-16H,3-10H2,1-2H3,(H,20,25)(H,21,26)(H,22,24)/t13-,14+,15-,16+/m1/s1. The molecular formula is C19H31N3O4. The summed E-state index contributed by atoms with van der Waals surface area (Å²) in [5, 5.41) is 8.41. The lowest BCUT2D eigenvalue weighted by Gasteiger charge is -2.32. The van der Waals surface area contributed by atoms with Crippen molar-refractivity contribution in [2.45, 2.75) is 70.9 Å². The molecule has 0 aromatic heterocycles. The van der Waals surface area contributed by atoms with Crippen LogP contribution >= 0.6 is 0 Å². The fourth-order valence-electron chi connectivity index (χ4n) is 3.94. The summed E-state index contributed by atoms with van der Waals surface area (Å²) in [4.78, 5) is 48.6. The van der Waals surface area contributed by atoms with Crippen LogP contribution in [0.5, 0.6) is 0 Å². The van der Waals surface area contributed by atoms with Crippen LogP contribution < -0.4 is 16.0 Å². The van der Waals surface area contributed by atoms with Crippen molar-refractivity contribution in [3.63, 3.8) is 0 Å². The SMILES string of the molecule is CC(C)C[C@@H]1NC(=O)CCCC[C@@H]2CCNC(=O)[C@@H]2C[C@@H](C=O)NC1=O. The van der Waals surface area contributed by atoms with Gasteiger partial charge in [-0.05, 0) is 43.9 Å². The normalized spacial score (nSPS) is 31.4. The molecule has 2 fully saturated rings. The van der Waals surface area contributed by atoms with Gasteiger partial charge in [0, 0.05) is 18.9 Å². The maximum Gasteiger partial charge on any atom is 0.243 e. The van der Waals surface area contributed by atoms with Gasteiger partial charge in [-0.25, -0.2) is 0 Å². The van der Waals surface area contributed by atoms with Crippen LogP contribution in [0.1, 0.15) is 58.8 Å². The maximum atomic E-state index is 12.6. The topological polar surface area (TPSA) is 104 Å². The van der Waals surface area contributed by atoms with Crippen LogP contribution in [0.3, 0.4) is 0 Å². The lowest BCUT2D eigenvalue weighted by atomic mass is 9.78. The van der Waals surface area contributed by atoms with Crippen LogP contribution in [0.2, 0.25) is 0 Å². The molecule has 2 aliphatic heterocycles. The van der Waals surface area contributed by atoms with E-state index in [1.807, 2.05) is 13.8 Å². The van der Waals surface area contributed by atoms with Crippen LogP contribution in [0.15, 0.2) is 0 Å². The second-order valence-electron chi connectivity index (χ2n) is 7.93. The number of rotatable bonds is 3. The molecule has 0 aromatic carbocycles. The van der Waals surface area contributed by atoms with E-state index in [9.17, 15) is 19.2 Å². The Labute approximate surface area is 155 Å². The van der Waals surface area contributed by atoms with Crippen molar-refractivity contribution in [3.05, 3.63) is 0 Å². The van der Waals surface area contributed by atoms with Crippen LogP contribution in [0, 0.1) is 17.8 Å². The summed E-state index contributed by atoms with van der Waals surface area (Å²) in [6.45, 7) is 4.61. The summed E-state index contributed by atoms with van der Waals surface area (Å²) in [6, 6.07) is -1.37. The third kappa shape index (κ3) is 5.81. The molecule has 0 unspecified atom stereocenters. The first-order valence-corrected chi connectivity index (χ1v) is 9.73. The Hall–Kier alpha value is -1.92. The molecule has 146 valence electrons. The second-order valence-corrected chi connectivity index (χ2v) is 7.93. The summed E-state index contributed by atoms with van der Waals surface area (Å²) < 4.78 is 0. The molecule has 0 saturated carbocycles. The minimum atomic E-state index is -0.717. The van der Waals surface area contributed by atoms with Gasteiger partial charge in [0.05, 0.1) is 6.04 Å². The smallest absolute Gasteiger partial charge is 0.243 e. The van der Waals surface area contributed by atoms with Gasteiger partial charge in [-0.3, -0.25) is 14.4 Å². The second kappa shape index (κ2) is 9.69. The van der Waals surface area contributed by atoms with Gasteiger partial charge < -0.3 is 20.7 Å². The van der Waals surface area contributed by atoms with Crippen molar-refractivity contribution >= 4 is 24.0 Å². The van der Waals surface area contributed by atoms with E-state index in [0.29, 0.717) is 32.1 Å². The molecule has 0 spiro atoms. The summed E-state index contributed by atoms with van der Waals surface area (Å²) in [6.07, 6.45) is 5.24. The Morgan fingerprint density at radius 1 is 1.08 bits per heavy atom. The van der Waals surface area contributed by atoms with E-state index in [1.165, 1.54) is 0 Å². The molecule has 0 aromatic rings. The highest BCUT2D eigenvalue weighted by Gasteiger charge is 2.35. The Morgan fingerprint density at radius 2 is 1.85 bits per heavy atom. The molecule has 0 aliphatic carbocycles. The summed E-state index contributed by atoms with van der Waals surface area (Å²) in [5.74, 6) is -0.373. The Kier molecular flexibility index (Phi) is 7.60. The molecule has 2 rings (SSSR count). The predicted molar refractivity (Wildman–Crippen MR) is 97.1 cm³/mol. The Bertz CT molecular complexity index is 535. The van der Waals surface area contributed by atoms with Crippen LogP contribution in [-0.4, -0.2) is 42.6 Å². The molecule has 3 amide bonds. The van der Waals surface area contributed by atoms with E-state index >= 15 is 0 Å². The van der Waals surface area contributed by atoms with E-state index in [0.717, 1.165) is 25.7 Å². The molecule has 2 aliphatic rings. The molecular weight excluding hydrogens is 334 g/mol. The molecule has 26 heavy (non-hydrogen) atoms. The first-order chi connectivity index (χ1) is 12.4. The van der Waals surface area contributed by atoms with Gasteiger partial charge in [-0.2, -0.15) is 0 Å².